The summed E-state index contributed by atoms with van der Waals surface area (Å²) < 4.78 is 65.8. The van der Waals surface area contributed by atoms with Gasteiger partial charge in [0.2, 0.25) is 5.09 Å². The van der Waals surface area contributed by atoms with Crippen molar-refractivity contribution in [2.24, 2.45) is 0 Å². The molecule has 0 fully saturated rings. The van der Waals surface area contributed by atoms with E-state index in [0.717, 1.165) is 9.87 Å². The van der Waals surface area contributed by atoms with Crippen molar-refractivity contribution < 1.29 is 35.0 Å². The molecule has 0 atom stereocenters. The Balaban J connectivity index is 1.65. The maximum Gasteiger partial charge on any atom is 0.339 e. The normalized spacial score (nSPS) is 12.0. The summed E-state index contributed by atoms with van der Waals surface area (Å²) in [6.07, 6.45) is 0. The molecule has 0 aliphatic rings. The minimum absolute atomic E-state index is 0.0389. The second-order valence-electron chi connectivity index (χ2n) is 7.42. The molecular weight excluding hydrogens is 470 g/mol. The van der Waals surface area contributed by atoms with E-state index in [1.807, 2.05) is 0 Å². The van der Waals surface area contributed by atoms with Crippen LogP contribution in [-0.2, 0) is 31.5 Å². The van der Waals surface area contributed by atoms with Gasteiger partial charge in [0, 0.05) is 14.1 Å². The molecule has 3 aromatic rings. The van der Waals surface area contributed by atoms with Crippen LogP contribution in [0.3, 0.4) is 0 Å². The molecule has 176 valence electrons. The fraction of sp³-hybridized carbons (Fsp3) is 0.227. The van der Waals surface area contributed by atoms with Crippen LogP contribution in [0.4, 0.5) is 0 Å². The molecule has 0 spiro atoms. The molecule has 1 heterocycles. The van der Waals surface area contributed by atoms with Gasteiger partial charge in [-0.1, -0.05) is 12.1 Å². The number of ether oxygens (including phenoxy) is 1. The number of hydrogen-bond donors (Lipinski definition) is 0. The molecule has 2 aromatic carbocycles. The van der Waals surface area contributed by atoms with Gasteiger partial charge >= 0.3 is 16.1 Å². The maximum absolute atomic E-state index is 12.6. The molecule has 0 aliphatic heterocycles. The summed E-state index contributed by atoms with van der Waals surface area (Å²) in [5, 5.41) is -0.259. The van der Waals surface area contributed by atoms with Crippen LogP contribution in [0.25, 0.3) is 0 Å². The highest BCUT2D eigenvalue weighted by Gasteiger charge is 2.22. The van der Waals surface area contributed by atoms with Gasteiger partial charge in [-0.05, 0) is 67.4 Å². The molecule has 0 aliphatic carbocycles. The zero-order valence-electron chi connectivity index (χ0n) is 18.4. The lowest BCUT2D eigenvalue weighted by Gasteiger charge is -2.10. The summed E-state index contributed by atoms with van der Waals surface area (Å²) in [5.74, 6) is -0.507. The Kier molecular flexibility index (Phi) is 6.96. The molecule has 0 saturated heterocycles. The fourth-order valence-electron chi connectivity index (χ4n) is 2.77. The van der Waals surface area contributed by atoms with E-state index in [9.17, 15) is 21.6 Å². The highest BCUT2D eigenvalue weighted by atomic mass is 32.2. The molecule has 9 nitrogen and oxygen atoms in total. The van der Waals surface area contributed by atoms with E-state index in [1.54, 1.807) is 26.0 Å². The van der Waals surface area contributed by atoms with Crippen molar-refractivity contribution in [2.75, 3.05) is 14.1 Å². The molecule has 1 aromatic heterocycles. The van der Waals surface area contributed by atoms with Crippen LogP contribution in [0.15, 0.2) is 69.0 Å². The van der Waals surface area contributed by atoms with E-state index >= 15 is 0 Å². The zero-order chi connectivity index (χ0) is 24.4. The van der Waals surface area contributed by atoms with Gasteiger partial charge < -0.3 is 13.3 Å². The predicted molar refractivity (Wildman–Crippen MR) is 119 cm³/mol. The van der Waals surface area contributed by atoms with E-state index < -0.39 is 26.1 Å². The van der Waals surface area contributed by atoms with Crippen molar-refractivity contribution in [3.05, 3.63) is 77.0 Å². The Morgan fingerprint density at radius 3 is 2.24 bits per heavy atom. The van der Waals surface area contributed by atoms with Crippen LogP contribution in [0, 0.1) is 13.8 Å². The predicted octanol–water partition coefficient (Wildman–Crippen LogP) is 3.27. The summed E-state index contributed by atoms with van der Waals surface area (Å²) in [6, 6.07) is 13.1. The number of carbonyl (C=O) groups excluding carboxylic acids is 1. The lowest BCUT2D eigenvalue weighted by molar-refractivity contribution is 0.0440. The second-order valence-corrected chi connectivity index (χ2v) is 11.0. The Bertz CT molecular complexity index is 1370. The van der Waals surface area contributed by atoms with Crippen molar-refractivity contribution in [3.63, 3.8) is 0 Å². The molecule has 11 heteroatoms. The van der Waals surface area contributed by atoms with Crippen LogP contribution in [0.1, 0.15) is 27.2 Å². The summed E-state index contributed by atoms with van der Waals surface area (Å²) in [4.78, 5) is 12.4. The third-order valence-corrected chi connectivity index (χ3v) is 7.71. The van der Waals surface area contributed by atoms with Crippen molar-refractivity contribution in [3.8, 4) is 5.75 Å². The number of sulfonamides is 1. The third-order valence-electron chi connectivity index (χ3n) is 4.63. The lowest BCUT2D eigenvalue weighted by atomic mass is 10.2. The van der Waals surface area contributed by atoms with Crippen molar-refractivity contribution in [1.82, 2.24) is 4.31 Å². The Labute approximate surface area is 192 Å². The van der Waals surface area contributed by atoms with Gasteiger partial charge in [0.25, 0.3) is 10.0 Å². The number of nitrogens with zero attached hydrogens (tertiary/aromatic N) is 1. The van der Waals surface area contributed by atoms with Gasteiger partial charge in [-0.2, -0.15) is 8.42 Å². The first-order valence-corrected chi connectivity index (χ1v) is 12.5. The molecule has 0 unspecified atom stereocenters. The number of furan rings is 1. The quantitative estimate of drug-likeness (QED) is 0.346. The maximum atomic E-state index is 12.6. The lowest BCUT2D eigenvalue weighted by Crippen LogP contribution is -2.21. The minimum Gasteiger partial charge on any atom is -0.454 e. The number of carbonyl (C=O) groups is 1. The van der Waals surface area contributed by atoms with Crippen LogP contribution in [0.2, 0.25) is 0 Å². The number of rotatable bonds is 8. The van der Waals surface area contributed by atoms with E-state index in [4.69, 9.17) is 13.3 Å². The molecular formula is C22H23NO8S2. The molecule has 3 rings (SSSR count). The molecule has 0 saturated carbocycles. The SMILES string of the molecule is Cc1ccc(C)c(S(=O)(=O)Oc2ccc(C(=O)OCc3ccc(S(=O)(=O)N(C)C)o3)cc2)c1. The molecule has 0 N–H and O–H groups in total. The van der Waals surface area contributed by atoms with Crippen LogP contribution in [-0.4, -0.2) is 41.2 Å². The molecule has 0 bridgehead atoms. The van der Waals surface area contributed by atoms with Gasteiger partial charge in [0.15, 0.2) is 0 Å². The monoisotopic (exact) mass is 493 g/mol. The number of hydrogen-bond acceptors (Lipinski definition) is 8. The summed E-state index contributed by atoms with van der Waals surface area (Å²) in [5.41, 5.74) is 1.49. The van der Waals surface area contributed by atoms with Gasteiger partial charge in [0.1, 0.15) is 23.0 Å². The Morgan fingerprint density at radius 1 is 0.939 bits per heavy atom. The third kappa shape index (κ3) is 5.62. The molecule has 0 amide bonds. The van der Waals surface area contributed by atoms with E-state index in [2.05, 4.69) is 0 Å². The molecule has 0 radical (unpaired) electrons. The minimum atomic E-state index is -4.04. The highest BCUT2D eigenvalue weighted by Crippen LogP contribution is 2.23. The Morgan fingerprint density at radius 2 is 1.61 bits per heavy atom. The number of esters is 1. The fourth-order valence-corrected chi connectivity index (χ4v) is 4.83. The van der Waals surface area contributed by atoms with Gasteiger partial charge in [-0.15, -0.1) is 0 Å². The van der Waals surface area contributed by atoms with Crippen LogP contribution in [0.5, 0.6) is 5.75 Å². The van der Waals surface area contributed by atoms with Crippen LogP contribution < -0.4 is 4.18 Å². The summed E-state index contributed by atoms with van der Waals surface area (Å²) in [6.45, 7) is 3.18. The second kappa shape index (κ2) is 9.38. The van der Waals surface area contributed by atoms with Crippen molar-refractivity contribution in [1.29, 1.82) is 0 Å². The smallest absolute Gasteiger partial charge is 0.339 e. The summed E-state index contributed by atoms with van der Waals surface area (Å²) in [7, 11) is -5.03. The zero-order valence-corrected chi connectivity index (χ0v) is 20.1. The van der Waals surface area contributed by atoms with Crippen molar-refractivity contribution in [2.45, 2.75) is 30.4 Å². The largest absolute Gasteiger partial charge is 0.454 e. The number of benzene rings is 2. The van der Waals surface area contributed by atoms with Gasteiger partial charge in [-0.3, -0.25) is 0 Å². The molecule has 33 heavy (non-hydrogen) atoms. The Hall–Kier alpha value is -3.15. The average Bonchev–Trinajstić information content (AvgIpc) is 3.23. The first-order chi connectivity index (χ1) is 15.4. The highest BCUT2D eigenvalue weighted by molar-refractivity contribution is 7.89. The van der Waals surface area contributed by atoms with Gasteiger partial charge in [-0.25, -0.2) is 17.5 Å². The number of aryl methyl sites for hydroxylation is 2. The first-order valence-electron chi connectivity index (χ1n) is 9.70. The van der Waals surface area contributed by atoms with E-state index in [-0.39, 0.29) is 33.7 Å². The van der Waals surface area contributed by atoms with Crippen LogP contribution >= 0.6 is 0 Å². The standard InChI is InChI=1S/C22H23NO8S2/c1-15-5-6-16(2)20(13-15)33(27,28)31-18-9-7-17(8-10-18)22(24)29-14-19-11-12-21(30-19)32(25,26)23(3)4/h5-13H,14H2,1-4H3. The van der Waals surface area contributed by atoms with E-state index in [0.29, 0.717) is 5.56 Å². The van der Waals surface area contributed by atoms with Crippen molar-refractivity contribution >= 4 is 26.1 Å². The first kappa shape index (κ1) is 24.5. The van der Waals surface area contributed by atoms with E-state index in [1.165, 1.54) is 56.6 Å². The average molecular weight is 494 g/mol. The van der Waals surface area contributed by atoms with Gasteiger partial charge in [0.05, 0.1) is 5.56 Å². The topological polar surface area (TPSA) is 120 Å². The summed E-state index contributed by atoms with van der Waals surface area (Å²) >= 11 is 0.